The Morgan fingerprint density at radius 3 is 0.840 bits per heavy atom. The fraction of sp³-hybridized carbons (Fsp3) is 0.947. The number of carbonyl (C=O) groups is 2. The number of rotatable bonds is 71. The zero-order chi connectivity index (χ0) is 58.5. The standard InChI is InChI=1S/C75H147NO5/c1-3-5-7-9-11-13-15-17-19-21-23-24-29-32-35-39-43-47-51-55-59-63-67-73(78)72(71-77)76-74(79)68-64-60-56-52-48-44-40-36-33-30-27-25-26-28-31-34-38-42-46-50-54-58-62-66-70-81-75(80)69-65-61-57-53-49-45-41-37-22-20-18-16-14-12-10-8-6-4-2/h63,67,72-73,77-78H,3-62,64-66,68-71H2,1-2H3,(H,76,79)/b67-63+. The Hall–Kier alpha value is -1.40. The van der Waals surface area contributed by atoms with Gasteiger partial charge in [-0.1, -0.05) is 398 Å². The average Bonchev–Trinajstić information content (AvgIpc) is 3.47. The minimum absolute atomic E-state index is 0.0207. The molecule has 0 bridgehead atoms. The summed E-state index contributed by atoms with van der Waals surface area (Å²) in [6.07, 6.45) is 88.8. The lowest BCUT2D eigenvalue weighted by atomic mass is 10.0. The molecule has 0 spiro atoms. The van der Waals surface area contributed by atoms with Gasteiger partial charge in [-0.3, -0.25) is 9.59 Å². The van der Waals surface area contributed by atoms with Crippen molar-refractivity contribution in [3.8, 4) is 0 Å². The van der Waals surface area contributed by atoms with Crippen LogP contribution in [0.4, 0.5) is 0 Å². The van der Waals surface area contributed by atoms with Gasteiger partial charge in [0.15, 0.2) is 0 Å². The van der Waals surface area contributed by atoms with E-state index >= 15 is 0 Å². The first-order valence-electron chi connectivity index (χ1n) is 37.5. The molecule has 81 heavy (non-hydrogen) atoms. The number of unbranched alkanes of at least 4 members (excludes halogenated alkanes) is 60. The van der Waals surface area contributed by atoms with E-state index in [4.69, 9.17) is 4.74 Å². The second kappa shape index (κ2) is 71.1. The normalized spacial score (nSPS) is 12.5. The van der Waals surface area contributed by atoms with E-state index < -0.39 is 12.1 Å². The summed E-state index contributed by atoms with van der Waals surface area (Å²) in [6, 6.07) is -0.628. The van der Waals surface area contributed by atoms with Crippen LogP contribution in [0.1, 0.15) is 431 Å². The molecule has 0 aromatic heterocycles. The Labute approximate surface area is 508 Å². The molecule has 0 aliphatic carbocycles. The van der Waals surface area contributed by atoms with Gasteiger partial charge in [-0.15, -0.1) is 0 Å². The Balaban J connectivity index is 3.37. The van der Waals surface area contributed by atoms with Gasteiger partial charge in [-0.2, -0.15) is 0 Å². The molecular formula is C75H147NO5. The Morgan fingerprint density at radius 1 is 0.333 bits per heavy atom. The van der Waals surface area contributed by atoms with Crippen molar-refractivity contribution in [3.63, 3.8) is 0 Å². The SMILES string of the molecule is CCCCCCCCCCCCCCCCCCCCCC/C=C/C(O)C(CO)NC(=O)CCCCCCCCCCCCCCCCCCCCCCCCCCOC(=O)CCCCCCCCCCCCCCCCCCCC. The van der Waals surface area contributed by atoms with Gasteiger partial charge in [-0.25, -0.2) is 0 Å². The molecule has 0 radical (unpaired) electrons. The predicted octanol–water partition coefficient (Wildman–Crippen LogP) is 24.3. The van der Waals surface area contributed by atoms with E-state index in [-0.39, 0.29) is 18.5 Å². The number of amides is 1. The zero-order valence-corrected chi connectivity index (χ0v) is 55.3. The molecule has 6 heteroatoms. The van der Waals surface area contributed by atoms with Gasteiger partial charge in [0.1, 0.15) is 0 Å². The molecule has 0 saturated heterocycles. The number of hydrogen-bond donors (Lipinski definition) is 3. The summed E-state index contributed by atoms with van der Waals surface area (Å²) < 4.78 is 5.51. The van der Waals surface area contributed by atoms with Crippen LogP contribution in [0.2, 0.25) is 0 Å². The van der Waals surface area contributed by atoms with Crippen LogP contribution in [0.3, 0.4) is 0 Å². The van der Waals surface area contributed by atoms with Crippen molar-refractivity contribution in [1.29, 1.82) is 0 Å². The van der Waals surface area contributed by atoms with E-state index in [1.807, 2.05) is 6.08 Å². The molecule has 1 amide bonds. The molecule has 0 fully saturated rings. The lowest BCUT2D eigenvalue weighted by Crippen LogP contribution is -2.45. The van der Waals surface area contributed by atoms with Crippen LogP contribution < -0.4 is 5.32 Å². The van der Waals surface area contributed by atoms with Crippen molar-refractivity contribution < 1.29 is 24.5 Å². The highest BCUT2D eigenvalue weighted by molar-refractivity contribution is 5.76. The monoisotopic (exact) mass is 1140 g/mol. The highest BCUT2D eigenvalue weighted by Crippen LogP contribution is 2.20. The third-order valence-electron chi connectivity index (χ3n) is 17.8. The molecular weight excluding hydrogens is 995 g/mol. The van der Waals surface area contributed by atoms with Crippen molar-refractivity contribution in [2.24, 2.45) is 0 Å². The Kier molecular flexibility index (Phi) is 69.9. The number of esters is 1. The van der Waals surface area contributed by atoms with E-state index in [1.165, 1.54) is 366 Å². The predicted molar refractivity (Wildman–Crippen MR) is 357 cm³/mol. The lowest BCUT2D eigenvalue weighted by Gasteiger charge is -2.20. The first kappa shape index (κ1) is 79.6. The first-order valence-corrected chi connectivity index (χ1v) is 37.5. The first-order chi connectivity index (χ1) is 40.0. The summed E-state index contributed by atoms with van der Waals surface area (Å²) in [6.45, 7) is 4.96. The molecule has 0 aromatic rings. The molecule has 0 heterocycles. The van der Waals surface area contributed by atoms with Crippen LogP contribution in [-0.4, -0.2) is 47.4 Å². The van der Waals surface area contributed by atoms with Gasteiger partial charge in [-0.05, 0) is 32.1 Å². The van der Waals surface area contributed by atoms with Crippen molar-refractivity contribution >= 4 is 11.9 Å². The van der Waals surface area contributed by atoms with Gasteiger partial charge in [0, 0.05) is 12.8 Å². The highest BCUT2D eigenvalue weighted by Gasteiger charge is 2.18. The highest BCUT2D eigenvalue weighted by atomic mass is 16.5. The fourth-order valence-corrected chi connectivity index (χ4v) is 12.1. The molecule has 2 unspecified atom stereocenters. The van der Waals surface area contributed by atoms with E-state index in [0.29, 0.717) is 19.4 Å². The van der Waals surface area contributed by atoms with Crippen LogP contribution in [0.15, 0.2) is 12.2 Å². The van der Waals surface area contributed by atoms with E-state index in [2.05, 4.69) is 19.2 Å². The number of nitrogens with one attached hydrogen (secondary N) is 1. The summed E-state index contributed by atoms with van der Waals surface area (Å²) >= 11 is 0. The largest absolute Gasteiger partial charge is 0.466 e. The molecule has 0 rings (SSSR count). The second-order valence-electron chi connectivity index (χ2n) is 26.0. The molecule has 0 aliphatic rings. The van der Waals surface area contributed by atoms with Gasteiger partial charge in [0.05, 0.1) is 25.4 Å². The molecule has 0 aliphatic heterocycles. The van der Waals surface area contributed by atoms with Crippen molar-refractivity contribution in [1.82, 2.24) is 5.32 Å². The van der Waals surface area contributed by atoms with Crippen molar-refractivity contribution in [2.75, 3.05) is 13.2 Å². The van der Waals surface area contributed by atoms with Crippen LogP contribution in [0.5, 0.6) is 0 Å². The minimum atomic E-state index is -0.844. The van der Waals surface area contributed by atoms with Crippen LogP contribution in [0, 0.1) is 0 Å². The Bertz CT molecular complexity index is 1220. The molecule has 0 saturated carbocycles. The number of aliphatic hydroxyl groups excluding tert-OH is 2. The molecule has 3 N–H and O–H groups in total. The van der Waals surface area contributed by atoms with Gasteiger partial charge < -0.3 is 20.3 Å². The minimum Gasteiger partial charge on any atom is -0.466 e. The zero-order valence-electron chi connectivity index (χ0n) is 55.3. The van der Waals surface area contributed by atoms with Gasteiger partial charge in [0.2, 0.25) is 5.91 Å². The average molecular weight is 1140 g/mol. The third kappa shape index (κ3) is 67.6. The summed E-state index contributed by atoms with van der Waals surface area (Å²) in [5, 5.41) is 23.3. The van der Waals surface area contributed by atoms with E-state index in [1.54, 1.807) is 6.08 Å². The lowest BCUT2D eigenvalue weighted by molar-refractivity contribution is -0.143. The van der Waals surface area contributed by atoms with E-state index in [9.17, 15) is 19.8 Å². The quantitative estimate of drug-likeness (QED) is 0.0320. The maximum atomic E-state index is 12.5. The van der Waals surface area contributed by atoms with Crippen molar-refractivity contribution in [2.45, 2.75) is 443 Å². The fourth-order valence-electron chi connectivity index (χ4n) is 12.1. The van der Waals surface area contributed by atoms with Gasteiger partial charge >= 0.3 is 5.97 Å². The van der Waals surface area contributed by atoms with E-state index in [0.717, 1.165) is 38.5 Å². The van der Waals surface area contributed by atoms with Gasteiger partial charge in [0.25, 0.3) is 0 Å². The van der Waals surface area contributed by atoms with Crippen molar-refractivity contribution in [3.05, 3.63) is 12.2 Å². The number of aliphatic hydroxyl groups is 2. The third-order valence-corrected chi connectivity index (χ3v) is 17.8. The number of carbonyl (C=O) groups excluding carboxylic acids is 2. The van der Waals surface area contributed by atoms with Crippen LogP contribution in [0.25, 0.3) is 0 Å². The molecule has 2 atom stereocenters. The number of hydrogen-bond acceptors (Lipinski definition) is 5. The summed E-state index contributed by atoms with van der Waals surface area (Å²) in [4.78, 5) is 24.7. The maximum absolute atomic E-state index is 12.5. The molecule has 0 aromatic carbocycles. The maximum Gasteiger partial charge on any atom is 0.305 e. The molecule has 482 valence electrons. The second-order valence-corrected chi connectivity index (χ2v) is 26.0. The molecule has 6 nitrogen and oxygen atoms in total. The smallest absolute Gasteiger partial charge is 0.305 e. The summed E-state index contributed by atoms with van der Waals surface area (Å²) in [5.74, 6) is -0.0409. The summed E-state index contributed by atoms with van der Waals surface area (Å²) in [5.41, 5.74) is 0. The summed E-state index contributed by atoms with van der Waals surface area (Å²) in [7, 11) is 0. The number of allylic oxidation sites excluding steroid dienone is 1. The topological polar surface area (TPSA) is 95.9 Å². The van der Waals surface area contributed by atoms with Crippen LogP contribution in [-0.2, 0) is 14.3 Å². The Morgan fingerprint density at radius 2 is 0.568 bits per heavy atom. The number of ether oxygens (including phenoxy) is 1. The van der Waals surface area contributed by atoms with Crippen LogP contribution >= 0.6 is 0 Å².